The Balaban J connectivity index is 2.30. The Hall–Kier alpha value is -0.830. The molecule has 0 N–H and O–H groups in total. The van der Waals surface area contributed by atoms with Crippen LogP contribution in [-0.2, 0) is 13.0 Å². The molecule has 0 bridgehead atoms. The second-order valence-corrected chi connectivity index (χ2v) is 2.77. The molecular weight excluding hydrogens is 128 g/mol. The van der Waals surface area contributed by atoms with Gasteiger partial charge in [-0.3, -0.25) is 0 Å². The quantitative estimate of drug-likeness (QED) is 0.527. The Labute approximate surface area is 59.6 Å². The largest absolute Gasteiger partial charge is 0.364 e. The summed E-state index contributed by atoms with van der Waals surface area (Å²) in [5, 5.41) is 3.89. The van der Waals surface area contributed by atoms with Crippen LogP contribution in [0.2, 0.25) is 0 Å². The third-order valence-electron chi connectivity index (χ3n) is 1.91. The molecular formula is C7H10N2O. The van der Waals surface area contributed by atoms with Crippen LogP contribution >= 0.6 is 0 Å². The van der Waals surface area contributed by atoms with Crippen LogP contribution in [-0.4, -0.2) is 23.6 Å². The van der Waals surface area contributed by atoms with Gasteiger partial charge in [0.1, 0.15) is 12.0 Å². The summed E-state index contributed by atoms with van der Waals surface area (Å²) in [6.07, 6.45) is 2.83. The highest BCUT2D eigenvalue weighted by Crippen LogP contribution is 2.14. The normalized spacial score (nSPS) is 18.9. The summed E-state index contributed by atoms with van der Waals surface area (Å²) in [5.74, 6) is 0. The van der Waals surface area contributed by atoms with Gasteiger partial charge in [-0.25, -0.2) is 0 Å². The average molecular weight is 138 g/mol. The van der Waals surface area contributed by atoms with E-state index in [4.69, 9.17) is 4.52 Å². The molecule has 10 heavy (non-hydrogen) atoms. The molecule has 0 aliphatic carbocycles. The van der Waals surface area contributed by atoms with Crippen LogP contribution in [0.5, 0.6) is 0 Å². The zero-order valence-corrected chi connectivity index (χ0v) is 6.00. The average Bonchev–Trinajstić information content (AvgIpc) is 2.33. The molecule has 1 aliphatic rings. The molecule has 0 saturated carbocycles. The first-order chi connectivity index (χ1) is 4.86. The van der Waals surface area contributed by atoms with Gasteiger partial charge in [0.15, 0.2) is 0 Å². The lowest BCUT2D eigenvalue weighted by Gasteiger charge is -2.19. The van der Waals surface area contributed by atoms with E-state index in [1.165, 1.54) is 5.56 Å². The Morgan fingerprint density at radius 2 is 2.60 bits per heavy atom. The minimum atomic E-state index is 0.936. The standard InChI is InChI=1S/C7H10N2O/c1-9-3-2-6-5-10-8-7(6)4-9/h5H,2-4H2,1H3. The predicted octanol–water partition coefficient (Wildman–Crippen LogP) is 0.663. The zero-order valence-electron chi connectivity index (χ0n) is 6.00. The fourth-order valence-electron chi connectivity index (χ4n) is 1.26. The van der Waals surface area contributed by atoms with E-state index >= 15 is 0 Å². The van der Waals surface area contributed by atoms with Crippen LogP contribution in [0.15, 0.2) is 10.8 Å². The molecule has 54 valence electrons. The number of aromatic nitrogens is 1. The minimum Gasteiger partial charge on any atom is -0.364 e. The van der Waals surface area contributed by atoms with E-state index in [0.717, 1.165) is 25.2 Å². The molecule has 0 radical (unpaired) electrons. The molecule has 3 nitrogen and oxygen atoms in total. The SMILES string of the molecule is CN1CCc2conc2C1. The van der Waals surface area contributed by atoms with Gasteiger partial charge < -0.3 is 9.42 Å². The van der Waals surface area contributed by atoms with Gasteiger partial charge in [-0.1, -0.05) is 5.16 Å². The highest BCUT2D eigenvalue weighted by Gasteiger charge is 2.15. The molecule has 1 aliphatic heterocycles. The van der Waals surface area contributed by atoms with Crippen LogP contribution in [0.1, 0.15) is 11.3 Å². The number of hydrogen-bond acceptors (Lipinski definition) is 3. The van der Waals surface area contributed by atoms with Crippen molar-refractivity contribution in [3.8, 4) is 0 Å². The molecule has 3 heteroatoms. The molecule has 0 unspecified atom stereocenters. The Bertz CT molecular complexity index is 231. The van der Waals surface area contributed by atoms with Gasteiger partial charge in [0.2, 0.25) is 0 Å². The Morgan fingerprint density at radius 1 is 1.70 bits per heavy atom. The molecule has 0 fully saturated rings. The third-order valence-corrected chi connectivity index (χ3v) is 1.91. The van der Waals surface area contributed by atoms with Crippen LogP contribution in [0.3, 0.4) is 0 Å². The first-order valence-corrected chi connectivity index (χ1v) is 3.47. The second kappa shape index (κ2) is 2.09. The first-order valence-electron chi connectivity index (χ1n) is 3.47. The number of rotatable bonds is 0. The van der Waals surface area contributed by atoms with Gasteiger partial charge >= 0.3 is 0 Å². The smallest absolute Gasteiger partial charge is 0.127 e. The van der Waals surface area contributed by atoms with E-state index in [2.05, 4.69) is 17.1 Å². The van der Waals surface area contributed by atoms with Crippen molar-refractivity contribution in [2.24, 2.45) is 0 Å². The van der Waals surface area contributed by atoms with Gasteiger partial charge in [-0.2, -0.15) is 0 Å². The lowest BCUT2D eigenvalue weighted by molar-refractivity contribution is 0.302. The molecule has 0 atom stereocenters. The maximum atomic E-state index is 4.84. The fraction of sp³-hybridized carbons (Fsp3) is 0.571. The number of hydrogen-bond donors (Lipinski definition) is 0. The van der Waals surface area contributed by atoms with E-state index in [1.54, 1.807) is 6.26 Å². The number of fused-ring (bicyclic) bond motifs is 1. The molecule has 1 aromatic heterocycles. The number of nitrogens with zero attached hydrogens (tertiary/aromatic N) is 2. The summed E-state index contributed by atoms with van der Waals surface area (Å²) >= 11 is 0. The molecule has 0 amide bonds. The van der Waals surface area contributed by atoms with E-state index in [9.17, 15) is 0 Å². The van der Waals surface area contributed by atoms with Crippen molar-refractivity contribution in [2.75, 3.05) is 13.6 Å². The van der Waals surface area contributed by atoms with Gasteiger partial charge in [-0.15, -0.1) is 0 Å². The van der Waals surface area contributed by atoms with Crippen LogP contribution in [0.25, 0.3) is 0 Å². The summed E-state index contributed by atoms with van der Waals surface area (Å²) in [6.45, 7) is 2.06. The maximum Gasteiger partial charge on any atom is 0.127 e. The molecule has 0 spiro atoms. The third kappa shape index (κ3) is 0.827. The second-order valence-electron chi connectivity index (χ2n) is 2.77. The van der Waals surface area contributed by atoms with Crippen molar-refractivity contribution in [2.45, 2.75) is 13.0 Å². The molecule has 2 heterocycles. The monoisotopic (exact) mass is 138 g/mol. The molecule has 1 aromatic rings. The van der Waals surface area contributed by atoms with E-state index in [0.29, 0.717) is 0 Å². The summed E-state index contributed by atoms with van der Waals surface area (Å²) in [5.41, 5.74) is 2.38. The van der Waals surface area contributed by atoms with E-state index in [1.807, 2.05) is 0 Å². The predicted molar refractivity (Wildman–Crippen MR) is 36.5 cm³/mol. The van der Waals surface area contributed by atoms with Crippen LogP contribution < -0.4 is 0 Å². The summed E-state index contributed by atoms with van der Waals surface area (Å²) in [7, 11) is 2.09. The lowest BCUT2D eigenvalue weighted by Crippen LogP contribution is -2.25. The van der Waals surface area contributed by atoms with Crippen molar-refractivity contribution in [1.82, 2.24) is 10.1 Å². The lowest BCUT2D eigenvalue weighted by atomic mass is 10.1. The van der Waals surface area contributed by atoms with Gasteiger partial charge in [0.05, 0.1) is 0 Å². The maximum absolute atomic E-state index is 4.84. The van der Waals surface area contributed by atoms with Gasteiger partial charge in [0.25, 0.3) is 0 Å². The molecule has 2 rings (SSSR count). The summed E-state index contributed by atoms with van der Waals surface area (Å²) < 4.78 is 4.84. The van der Waals surface area contributed by atoms with Crippen molar-refractivity contribution in [1.29, 1.82) is 0 Å². The van der Waals surface area contributed by atoms with Gasteiger partial charge in [0, 0.05) is 18.7 Å². The minimum absolute atomic E-state index is 0.936. The molecule has 0 aromatic carbocycles. The van der Waals surface area contributed by atoms with Crippen molar-refractivity contribution < 1.29 is 4.52 Å². The summed E-state index contributed by atoms with van der Waals surface area (Å²) in [4.78, 5) is 2.24. The zero-order chi connectivity index (χ0) is 6.97. The van der Waals surface area contributed by atoms with Crippen molar-refractivity contribution in [3.05, 3.63) is 17.5 Å². The van der Waals surface area contributed by atoms with Crippen LogP contribution in [0.4, 0.5) is 0 Å². The Morgan fingerprint density at radius 3 is 3.50 bits per heavy atom. The van der Waals surface area contributed by atoms with E-state index in [-0.39, 0.29) is 0 Å². The van der Waals surface area contributed by atoms with Crippen molar-refractivity contribution in [3.63, 3.8) is 0 Å². The fourth-order valence-corrected chi connectivity index (χ4v) is 1.26. The van der Waals surface area contributed by atoms with Gasteiger partial charge in [-0.05, 0) is 13.5 Å². The Kier molecular flexibility index (Phi) is 1.24. The van der Waals surface area contributed by atoms with Crippen molar-refractivity contribution >= 4 is 0 Å². The van der Waals surface area contributed by atoms with E-state index < -0.39 is 0 Å². The van der Waals surface area contributed by atoms with Crippen LogP contribution in [0, 0.1) is 0 Å². The first kappa shape index (κ1) is 5.92. The number of likely N-dealkylation sites (N-methyl/N-ethyl adjacent to an activating group) is 1. The molecule has 0 saturated heterocycles. The highest BCUT2D eigenvalue weighted by molar-refractivity contribution is 5.17. The topological polar surface area (TPSA) is 29.3 Å². The highest BCUT2D eigenvalue weighted by atomic mass is 16.5. The summed E-state index contributed by atoms with van der Waals surface area (Å²) in [6, 6.07) is 0.